The third kappa shape index (κ3) is 5.93. The molecule has 6 heteroatoms. The standard InChI is InChI=1S/C35H49NO5/c1-22(17-27-20-35(4,40)33(39)36(27)21-24-8-12-29(41-5)13-9-24)30-14-15-31-25(7-6-16-34(30,31)3)10-11-26-18-28(37)19-32(38)23(26)2/h8-13,22,27-28,30-32,37-38,40H,2,6-7,14-21H2,1,3-5H3/b25-10+,26-11-/t22-,27-,28-,30-,31+,32+,34-,35+/m1/s1. The molecule has 8 atom stereocenters. The summed E-state index contributed by atoms with van der Waals surface area (Å²) in [7, 11) is 1.65. The van der Waals surface area contributed by atoms with Crippen LogP contribution in [0.5, 0.6) is 5.75 Å². The number of likely N-dealkylation sites (tertiary alicyclic amines) is 1. The molecule has 5 rings (SSSR count). The highest BCUT2D eigenvalue weighted by molar-refractivity contribution is 5.87. The fourth-order valence-corrected chi connectivity index (χ4v) is 8.74. The van der Waals surface area contributed by atoms with Crippen LogP contribution in [-0.2, 0) is 11.3 Å². The Bertz CT molecular complexity index is 1200. The molecule has 4 aliphatic rings. The number of benzene rings is 1. The first-order valence-electron chi connectivity index (χ1n) is 15.5. The zero-order valence-electron chi connectivity index (χ0n) is 25.3. The topological polar surface area (TPSA) is 90.2 Å². The summed E-state index contributed by atoms with van der Waals surface area (Å²) < 4.78 is 5.29. The van der Waals surface area contributed by atoms with Crippen molar-refractivity contribution in [3.05, 3.63) is 65.3 Å². The number of nitrogens with zero attached hydrogens (tertiary/aromatic N) is 1. The van der Waals surface area contributed by atoms with Gasteiger partial charge in [0.1, 0.15) is 11.4 Å². The predicted octanol–water partition coefficient (Wildman–Crippen LogP) is 5.71. The monoisotopic (exact) mass is 563 g/mol. The van der Waals surface area contributed by atoms with Gasteiger partial charge < -0.3 is 25.0 Å². The lowest BCUT2D eigenvalue weighted by molar-refractivity contribution is -0.142. The van der Waals surface area contributed by atoms with E-state index < -0.39 is 17.8 Å². The van der Waals surface area contributed by atoms with E-state index in [0.29, 0.717) is 43.6 Å². The largest absolute Gasteiger partial charge is 0.497 e. The van der Waals surface area contributed by atoms with Gasteiger partial charge in [-0.3, -0.25) is 4.79 Å². The number of carbonyl (C=O) groups excluding carboxylic acids is 1. The van der Waals surface area contributed by atoms with Crippen molar-refractivity contribution in [2.24, 2.45) is 23.2 Å². The van der Waals surface area contributed by atoms with Gasteiger partial charge in [0.2, 0.25) is 0 Å². The van der Waals surface area contributed by atoms with Crippen LogP contribution in [0.15, 0.2) is 59.7 Å². The molecule has 1 aromatic rings. The van der Waals surface area contributed by atoms with Crippen molar-refractivity contribution in [3.63, 3.8) is 0 Å². The predicted molar refractivity (Wildman–Crippen MR) is 161 cm³/mol. The number of allylic oxidation sites excluding steroid dienone is 3. The number of rotatable bonds is 7. The molecule has 224 valence electrons. The second kappa shape index (κ2) is 11.7. The third-order valence-electron chi connectivity index (χ3n) is 10.9. The van der Waals surface area contributed by atoms with Crippen LogP contribution < -0.4 is 4.74 Å². The molecule has 1 aromatic carbocycles. The summed E-state index contributed by atoms with van der Waals surface area (Å²) in [5.41, 5.74) is 3.12. The van der Waals surface area contributed by atoms with Gasteiger partial charge in [0, 0.05) is 25.4 Å². The number of hydrogen-bond donors (Lipinski definition) is 3. The van der Waals surface area contributed by atoms with Crippen molar-refractivity contribution >= 4 is 5.91 Å². The average molecular weight is 564 g/mol. The van der Waals surface area contributed by atoms with Gasteiger partial charge in [-0.1, -0.05) is 50.3 Å². The second-order valence-corrected chi connectivity index (χ2v) is 13.8. The summed E-state index contributed by atoms with van der Waals surface area (Å²) in [6, 6.07) is 7.85. The molecule has 6 nitrogen and oxygen atoms in total. The number of methoxy groups -OCH3 is 1. The van der Waals surface area contributed by atoms with Crippen LogP contribution >= 0.6 is 0 Å². The molecule has 0 bridgehead atoms. The first-order chi connectivity index (χ1) is 19.4. The van der Waals surface area contributed by atoms with Gasteiger partial charge in [-0.15, -0.1) is 0 Å². The molecule has 1 heterocycles. The fraction of sp³-hybridized carbons (Fsp3) is 0.629. The van der Waals surface area contributed by atoms with Gasteiger partial charge in [0.15, 0.2) is 0 Å². The van der Waals surface area contributed by atoms with Crippen molar-refractivity contribution in [2.75, 3.05) is 7.11 Å². The average Bonchev–Trinajstić information content (AvgIpc) is 3.39. The molecule has 41 heavy (non-hydrogen) atoms. The SMILES string of the molecule is C=C1/C(=C\C=C2/CCC[C@]3(C)[C@@H]([C@H](C)C[C@@H]4C[C@](C)(O)C(=O)N4Cc4ccc(OC)cc4)CC[C@@H]23)C[C@@H](O)C[C@@H]1O. The Hall–Kier alpha value is -2.41. The summed E-state index contributed by atoms with van der Waals surface area (Å²) in [6.45, 7) is 11.1. The second-order valence-electron chi connectivity index (χ2n) is 13.8. The molecule has 3 saturated carbocycles. The summed E-state index contributed by atoms with van der Waals surface area (Å²) in [5.74, 6) is 2.13. The Morgan fingerprint density at radius 1 is 1.17 bits per heavy atom. The van der Waals surface area contributed by atoms with Gasteiger partial charge in [-0.05, 0) is 104 Å². The van der Waals surface area contributed by atoms with E-state index in [1.54, 1.807) is 14.0 Å². The Kier molecular flexibility index (Phi) is 8.58. The molecule has 1 saturated heterocycles. The number of amides is 1. The van der Waals surface area contributed by atoms with E-state index >= 15 is 0 Å². The Morgan fingerprint density at radius 2 is 1.90 bits per heavy atom. The maximum absolute atomic E-state index is 13.3. The molecular formula is C35H49NO5. The van der Waals surface area contributed by atoms with Gasteiger partial charge in [-0.25, -0.2) is 0 Å². The number of fused-ring (bicyclic) bond motifs is 1. The maximum Gasteiger partial charge on any atom is 0.254 e. The van der Waals surface area contributed by atoms with Crippen LogP contribution in [-0.4, -0.2) is 57.1 Å². The van der Waals surface area contributed by atoms with Crippen LogP contribution in [0.3, 0.4) is 0 Å². The van der Waals surface area contributed by atoms with E-state index in [9.17, 15) is 20.1 Å². The van der Waals surface area contributed by atoms with Crippen molar-refractivity contribution in [1.29, 1.82) is 0 Å². The lowest BCUT2D eigenvalue weighted by Gasteiger charge is -2.45. The van der Waals surface area contributed by atoms with E-state index in [1.165, 1.54) is 24.8 Å². The number of hydrogen-bond acceptors (Lipinski definition) is 5. The quantitative estimate of drug-likeness (QED) is 0.395. The molecule has 1 amide bonds. The highest BCUT2D eigenvalue weighted by atomic mass is 16.5. The van der Waals surface area contributed by atoms with Crippen molar-refractivity contribution in [2.45, 2.75) is 109 Å². The molecule has 1 aliphatic heterocycles. The smallest absolute Gasteiger partial charge is 0.254 e. The van der Waals surface area contributed by atoms with E-state index in [-0.39, 0.29) is 17.4 Å². The molecule has 0 unspecified atom stereocenters. The first-order valence-corrected chi connectivity index (χ1v) is 15.5. The highest BCUT2D eigenvalue weighted by Crippen LogP contribution is 2.60. The van der Waals surface area contributed by atoms with Gasteiger partial charge in [-0.2, -0.15) is 0 Å². The first kappa shape index (κ1) is 30.1. The Morgan fingerprint density at radius 3 is 2.61 bits per heavy atom. The normalized spacial score (nSPS) is 38.5. The van der Waals surface area contributed by atoms with Crippen LogP contribution in [0.25, 0.3) is 0 Å². The number of carbonyl (C=O) groups is 1. The van der Waals surface area contributed by atoms with Crippen LogP contribution in [0.1, 0.15) is 84.1 Å². The zero-order valence-corrected chi connectivity index (χ0v) is 25.3. The number of ether oxygens (including phenoxy) is 1. The van der Waals surface area contributed by atoms with Gasteiger partial charge in [0.05, 0.1) is 19.3 Å². The molecule has 0 radical (unpaired) electrons. The van der Waals surface area contributed by atoms with E-state index in [1.807, 2.05) is 29.2 Å². The maximum atomic E-state index is 13.3. The van der Waals surface area contributed by atoms with Crippen molar-refractivity contribution < 1.29 is 24.9 Å². The van der Waals surface area contributed by atoms with Gasteiger partial charge >= 0.3 is 0 Å². The minimum absolute atomic E-state index is 0.00996. The summed E-state index contributed by atoms with van der Waals surface area (Å²) in [6.07, 6.45) is 11.3. The molecule has 4 fully saturated rings. The van der Waals surface area contributed by atoms with Crippen molar-refractivity contribution in [1.82, 2.24) is 4.90 Å². The molecule has 0 spiro atoms. The number of aliphatic hydroxyl groups is 3. The lowest BCUT2D eigenvalue weighted by atomic mass is 9.60. The van der Waals surface area contributed by atoms with Gasteiger partial charge in [0.25, 0.3) is 5.91 Å². The summed E-state index contributed by atoms with van der Waals surface area (Å²) in [5, 5.41) is 31.4. The fourth-order valence-electron chi connectivity index (χ4n) is 8.74. The lowest BCUT2D eigenvalue weighted by Crippen LogP contribution is -2.40. The van der Waals surface area contributed by atoms with Crippen LogP contribution in [0.2, 0.25) is 0 Å². The summed E-state index contributed by atoms with van der Waals surface area (Å²) >= 11 is 0. The van der Waals surface area contributed by atoms with E-state index in [2.05, 4.69) is 32.6 Å². The third-order valence-corrected chi connectivity index (χ3v) is 10.9. The summed E-state index contributed by atoms with van der Waals surface area (Å²) in [4.78, 5) is 15.2. The number of aliphatic hydroxyl groups excluding tert-OH is 2. The molecule has 0 aromatic heterocycles. The molecule has 3 aliphatic carbocycles. The Balaban J connectivity index is 1.30. The van der Waals surface area contributed by atoms with E-state index in [4.69, 9.17) is 4.74 Å². The van der Waals surface area contributed by atoms with Crippen molar-refractivity contribution in [3.8, 4) is 5.75 Å². The van der Waals surface area contributed by atoms with E-state index in [0.717, 1.165) is 41.7 Å². The minimum Gasteiger partial charge on any atom is -0.497 e. The molecule has 3 N–H and O–H groups in total. The van der Waals surface area contributed by atoms with Crippen LogP contribution in [0.4, 0.5) is 0 Å². The molecular weight excluding hydrogens is 514 g/mol. The highest BCUT2D eigenvalue weighted by Gasteiger charge is 2.53. The Labute approximate surface area is 245 Å². The minimum atomic E-state index is -1.32. The zero-order chi connectivity index (χ0) is 29.5. The van der Waals surface area contributed by atoms with Crippen LogP contribution in [0, 0.1) is 23.2 Å².